The van der Waals surface area contributed by atoms with Gasteiger partial charge in [0.05, 0.1) is 5.56 Å². The zero-order valence-electron chi connectivity index (χ0n) is 9.74. The highest BCUT2D eigenvalue weighted by atomic mass is 16.5. The van der Waals surface area contributed by atoms with Crippen LogP contribution in [0.1, 0.15) is 31.7 Å². The van der Waals surface area contributed by atoms with Crippen LogP contribution in [-0.4, -0.2) is 22.7 Å². The summed E-state index contributed by atoms with van der Waals surface area (Å²) < 4.78 is 6.65. The van der Waals surface area contributed by atoms with Crippen LogP contribution in [0, 0.1) is 0 Å². The van der Waals surface area contributed by atoms with Gasteiger partial charge in [-0.25, -0.2) is 0 Å². The van der Waals surface area contributed by atoms with E-state index in [1.54, 1.807) is 0 Å². The third kappa shape index (κ3) is 2.14. The van der Waals surface area contributed by atoms with Crippen LogP contribution in [0.5, 0.6) is 0 Å². The lowest BCUT2D eigenvalue weighted by Crippen LogP contribution is -2.34. The first kappa shape index (κ1) is 11.3. The van der Waals surface area contributed by atoms with Crippen molar-refractivity contribution < 1.29 is 4.52 Å². The van der Waals surface area contributed by atoms with E-state index in [1.165, 1.54) is 24.0 Å². The average molecular weight is 225 g/mol. The van der Waals surface area contributed by atoms with E-state index >= 15 is 0 Å². The normalized spacial score (nSPS) is 17.8. The Morgan fingerprint density at radius 1 is 1.31 bits per heavy atom. The summed E-state index contributed by atoms with van der Waals surface area (Å²) in [6.07, 6.45) is 4.31. The first-order valence-electron chi connectivity index (χ1n) is 5.93. The molecule has 1 saturated heterocycles. The maximum atomic E-state index is 11.9. The molecule has 1 aromatic heterocycles. The molecule has 0 aliphatic carbocycles. The number of hydrogen-bond acceptors (Lipinski definition) is 4. The third-order valence-electron chi connectivity index (χ3n) is 3.12. The maximum absolute atomic E-state index is 11.9. The van der Waals surface area contributed by atoms with Crippen molar-refractivity contribution in [1.82, 2.24) is 9.64 Å². The van der Waals surface area contributed by atoms with Gasteiger partial charge >= 0.3 is 0 Å². The number of nitrogen functional groups attached to an aromatic ring is 1. The molecule has 1 aliphatic heterocycles. The molecule has 2 heterocycles. The molecule has 0 atom stereocenters. The van der Waals surface area contributed by atoms with Crippen molar-refractivity contribution in [2.24, 2.45) is 0 Å². The van der Waals surface area contributed by atoms with Crippen LogP contribution in [0.3, 0.4) is 0 Å². The summed E-state index contributed by atoms with van der Waals surface area (Å²) in [6, 6.07) is 0. The first-order valence-corrected chi connectivity index (χ1v) is 5.93. The predicted octanol–water partition coefficient (Wildman–Crippen LogP) is 1.03. The molecule has 0 aromatic carbocycles. The highest BCUT2D eigenvalue weighted by molar-refractivity contribution is 5.33. The topological polar surface area (TPSA) is 64.4 Å². The Hall–Kier alpha value is -1.23. The Morgan fingerprint density at radius 2 is 2.00 bits per heavy atom. The van der Waals surface area contributed by atoms with Gasteiger partial charge in [-0.1, -0.05) is 13.3 Å². The van der Waals surface area contributed by atoms with Gasteiger partial charge in [0.1, 0.15) is 6.67 Å². The fourth-order valence-corrected chi connectivity index (χ4v) is 2.17. The molecule has 5 heteroatoms. The number of nitrogens with two attached hydrogens (primary N) is 1. The molecule has 0 amide bonds. The Morgan fingerprint density at radius 3 is 2.56 bits per heavy atom. The molecule has 1 aromatic rings. The van der Waals surface area contributed by atoms with E-state index in [-0.39, 0.29) is 11.4 Å². The van der Waals surface area contributed by atoms with Crippen molar-refractivity contribution in [3.8, 4) is 0 Å². The highest BCUT2D eigenvalue weighted by Crippen LogP contribution is 2.12. The van der Waals surface area contributed by atoms with Crippen LogP contribution in [0.2, 0.25) is 0 Å². The zero-order chi connectivity index (χ0) is 11.5. The van der Waals surface area contributed by atoms with Crippen molar-refractivity contribution in [3.05, 3.63) is 15.9 Å². The van der Waals surface area contributed by atoms with Crippen LogP contribution >= 0.6 is 0 Å². The van der Waals surface area contributed by atoms with Gasteiger partial charge in [-0.15, -0.1) is 0 Å². The molecular weight excluding hydrogens is 206 g/mol. The Kier molecular flexibility index (Phi) is 3.33. The number of nitrogens with zero attached hydrogens (tertiary/aromatic N) is 2. The number of aromatic nitrogens is 1. The van der Waals surface area contributed by atoms with E-state index in [9.17, 15) is 4.79 Å². The summed E-state index contributed by atoms with van der Waals surface area (Å²) in [5.41, 5.74) is 6.17. The molecule has 1 fully saturated rings. The van der Waals surface area contributed by atoms with E-state index in [0.717, 1.165) is 13.1 Å². The van der Waals surface area contributed by atoms with Crippen molar-refractivity contribution in [2.45, 2.75) is 39.3 Å². The van der Waals surface area contributed by atoms with Crippen molar-refractivity contribution in [3.63, 3.8) is 0 Å². The number of anilines is 1. The van der Waals surface area contributed by atoms with E-state index in [0.29, 0.717) is 18.7 Å². The Labute approximate surface area is 94.8 Å². The minimum Gasteiger partial charge on any atom is -0.367 e. The molecule has 90 valence electrons. The molecular formula is C11H19N3O2. The SMILES string of the molecule is CCc1c(N)on(CN2CCCCC2)c1=O. The summed E-state index contributed by atoms with van der Waals surface area (Å²) in [4.78, 5) is 14.1. The largest absolute Gasteiger partial charge is 0.367 e. The van der Waals surface area contributed by atoms with Crippen molar-refractivity contribution in [1.29, 1.82) is 0 Å². The fraction of sp³-hybridized carbons (Fsp3) is 0.727. The minimum absolute atomic E-state index is 0.0782. The molecule has 16 heavy (non-hydrogen) atoms. The van der Waals surface area contributed by atoms with Crippen molar-refractivity contribution in [2.75, 3.05) is 18.8 Å². The third-order valence-corrected chi connectivity index (χ3v) is 3.12. The quantitative estimate of drug-likeness (QED) is 0.834. The second-order valence-corrected chi connectivity index (χ2v) is 4.29. The summed E-state index contributed by atoms with van der Waals surface area (Å²) in [7, 11) is 0. The van der Waals surface area contributed by atoms with Crippen LogP contribution < -0.4 is 11.3 Å². The average Bonchev–Trinajstić information content (AvgIpc) is 2.55. The lowest BCUT2D eigenvalue weighted by Gasteiger charge is -2.25. The molecule has 5 nitrogen and oxygen atoms in total. The summed E-state index contributed by atoms with van der Waals surface area (Å²) in [5, 5.41) is 0. The smallest absolute Gasteiger partial charge is 0.289 e. The lowest BCUT2D eigenvalue weighted by molar-refractivity contribution is 0.113. The zero-order valence-corrected chi connectivity index (χ0v) is 9.74. The van der Waals surface area contributed by atoms with Crippen LogP contribution in [0.4, 0.5) is 5.88 Å². The second kappa shape index (κ2) is 4.74. The maximum Gasteiger partial charge on any atom is 0.289 e. The molecule has 0 unspecified atom stereocenters. The molecule has 2 N–H and O–H groups in total. The molecule has 0 bridgehead atoms. The van der Waals surface area contributed by atoms with E-state index in [2.05, 4.69) is 4.90 Å². The molecule has 0 saturated carbocycles. The van der Waals surface area contributed by atoms with Crippen LogP contribution in [-0.2, 0) is 13.1 Å². The van der Waals surface area contributed by atoms with Crippen LogP contribution in [0.25, 0.3) is 0 Å². The van der Waals surface area contributed by atoms with Gasteiger partial charge in [0.2, 0.25) is 5.88 Å². The molecule has 2 rings (SSSR count). The van der Waals surface area contributed by atoms with Gasteiger partial charge in [0.25, 0.3) is 5.56 Å². The second-order valence-electron chi connectivity index (χ2n) is 4.29. The first-order chi connectivity index (χ1) is 7.72. The van der Waals surface area contributed by atoms with E-state index in [1.807, 2.05) is 6.92 Å². The Bertz CT molecular complexity index is 402. The summed E-state index contributed by atoms with van der Waals surface area (Å²) >= 11 is 0. The monoisotopic (exact) mass is 225 g/mol. The van der Waals surface area contributed by atoms with Gasteiger partial charge in [-0.3, -0.25) is 9.69 Å². The van der Waals surface area contributed by atoms with E-state index in [4.69, 9.17) is 10.3 Å². The summed E-state index contributed by atoms with van der Waals surface area (Å²) in [6.45, 7) is 4.51. The molecule has 0 spiro atoms. The predicted molar refractivity (Wildman–Crippen MR) is 62.2 cm³/mol. The summed E-state index contributed by atoms with van der Waals surface area (Å²) in [5.74, 6) is 0.268. The number of rotatable bonds is 3. The number of piperidine rings is 1. The minimum atomic E-state index is -0.0782. The Balaban J connectivity index is 2.12. The molecule has 0 radical (unpaired) electrons. The van der Waals surface area contributed by atoms with Gasteiger partial charge < -0.3 is 10.3 Å². The van der Waals surface area contributed by atoms with E-state index < -0.39 is 0 Å². The van der Waals surface area contributed by atoms with Crippen LogP contribution in [0.15, 0.2) is 9.32 Å². The van der Waals surface area contributed by atoms with Gasteiger partial charge in [-0.05, 0) is 32.4 Å². The highest BCUT2D eigenvalue weighted by Gasteiger charge is 2.16. The van der Waals surface area contributed by atoms with Gasteiger partial charge in [-0.2, -0.15) is 4.74 Å². The number of hydrogen-bond donors (Lipinski definition) is 1. The lowest BCUT2D eigenvalue weighted by atomic mass is 10.1. The fourth-order valence-electron chi connectivity index (χ4n) is 2.17. The number of likely N-dealkylation sites (tertiary alicyclic amines) is 1. The molecule has 1 aliphatic rings. The van der Waals surface area contributed by atoms with Crippen molar-refractivity contribution >= 4 is 5.88 Å². The standard InChI is InChI=1S/C11H19N3O2/c1-2-9-10(12)16-14(11(9)15)8-13-6-4-3-5-7-13/h2-8,12H2,1H3. The van der Waals surface area contributed by atoms with Gasteiger partial charge in [0, 0.05) is 0 Å². The van der Waals surface area contributed by atoms with Gasteiger partial charge in [0.15, 0.2) is 0 Å².